The molecule has 1 aromatic rings. The molecule has 0 unspecified atom stereocenters. The van der Waals surface area contributed by atoms with Gasteiger partial charge in [0.25, 0.3) is 0 Å². The van der Waals surface area contributed by atoms with Crippen LogP contribution in [0.4, 0.5) is 0 Å². The highest BCUT2D eigenvalue weighted by Gasteiger charge is 2.02. The molecule has 0 radical (unpaired) electrons. The molecule has 0 bridgehead atoms. The van der Waals surface area contributed by atoms with Crippen molar-refractivity contribution >= 4 is 0 Å². The third-order valence-electron chi connectivity index (χ3n) is 2.65. The molecule has 4 heteroatoms. The zero-order valence-corrected chi connectivity index (χ0v) is 11.2. The third-order valence-corrected chi connectivity index (χ3v) is 2.65. The van der Waals surface area contributed by atoms with Crippen molar-refractivity contribution < 1.29 is 0 Å². The van der Waals surface area contributed by atoms with Gasteiger partial charge in [-0.1, -0.05) is 6.07 Å². The molecule has 0 saturated carbocycles. The van der Waals surface area contributed by atoms with Gasteiger partial charge in [-0.05, 0) is 52.8 Å². The Morgan fingerprint density at radius 3 is 2.47 bits per heavy atom. The third kappa shape index (κ3) is 5.77. The number of aromatic nitrogens is 1. The summed E-state index contributed by atoms with van der Waals surface area (Å²) < 4.78 is 0. The molecule has 0 aliphatic rings. The van der Waals surface area contributed by atoms with Crippen LogP contribution in [0.1, 0.15) is 17.8 Å². The van der Waals surface area contributed by atoms with Crippen LogP contribution in [0, 0.1) is 0 Å². The Kier molecular flexibility index (Phi) is 6.11. The van der Waals surface area contributed by atoms with Crippen molar-refractivity contribution in [2.24, 2.45) is 5.73 Å². The van der Waals surface area contributed by atoms with Crippen molar-refractivity contribution in [3.63, 3.8) is 0 Å². The fourth-order valence-corrected chi connectivity index (χ4v) is 1.74. The average molecular weight is 236 g/mol. The van der Waals surface area contributed by atoms with E-state index in [-0.39, 0.29) is 0 Å². The lowest BCUT2D eigenvalue weighted by molar-refractivity contribution is 0.292. The summed E-state index contributed by atoms with van der Waals surface area (Å²) in [5.74, 6) is 0. The fraction of sp³-hybridized carbons (Fsp3) is 0.615. The molecule has 0 aliphatic heterocycles. The zero-order chi connectivity index (χ0) is 12.7. The summed E-state index contributed by atoms with van der Waals surface area (Å²) in [5, 5.41) is 0. The van der Waals surface area contributed by atoms with E-state index in [0.717, 1.165) is 31.0 Å². The quantitative estimate of drug-likeness (QED) is 0.765. The van der Waals surface area contributed by atoms with E-state index in [4.69, 9.17) is 5.73 Å². The van der Waals surface area contributed by atoms with Crippen molar-refractivity contribution in [2.45, 2.75) is 19.5 Å². The maximum Gasteiger partial charge on any atom is 0.0547 e. The first-order chi connectivity index (χ1) is 8.11. The average Bonchev–Trinajstić information content (AvgIpc) is 2.28. The summed E-state index contributed by atoms with van der Waals surface area (Å²) in [7, 11) is 6.34. The molecule has 17 heavy (non-hydrogen) atoms. The molecule has 1 aromatic heterocycles. The zero-order valence-electron chi connectivity index (χ0n) is 11.2. The second-order valence-corrected chi connectivity index (χ2v) is 4.72. The molecule has 2 N–H and O–H groups in total. The van der Waals surface area contributed by atoms with Gasteiger partial charge in [0, 0.05) is 13.1 Å². The van der Waals surface area contributed by atoms with Gasteiger partial charge in [0.15, 0.2) is 0 Å². The van der Waals surface area contributed by atoms with Crippen LogP contribution in [0.15, 0.2) is 18.2 Å². The van der Waals surface area contributed by atoms with Crippen LogP contribution in [0.3, 0.4) is 0 Å². The number of nitrogens with zero attached hydrogens (tertiary/aromatic N) is 3. The van der Waals surface area contributed by atoms with E-state index < -0.39 is 0 Å². The second kappa shape index (κ2) is 7.37. The van der Waals surface area contributed by atoms with Crippen LogP contribution >= 0.6 is 0 Å². The predicted octanol–water partition coefficient (Wildman–Crippen LogP) is 0.924. The summed E-state index contributed by atoms with van der Waals surface area (Å²) in [6.07, 6.45) is 1.18. The first-order valence-corrected chi connectivity index (χ1v) is 6.10. The molecule has 0 fully saturated rings. The first kappa shape index (κ1) is 14.1. The van der Waals surface area contributed by atoms with Gasteiger partial charge < -0.3 is 15.5 Å². The van der Waals surface area contributed by atoms with Gasteiger partial charge in [-0.25, -0.2) is 0 Å². The van der Waals surface area contributed by atoms with E-state index in [9.17, 15) is 0 Å². The Balaban J connectivity index is 2.36. The molecular formula is C13H24N4. The van der Waals surface area contributed by atoms with Crippen molar-refractivity contribution in [3.8, 4) is 0 Å². The van der Waals surface area contributed by atoms with Gasteiger partial charge in [0.05, 0.1) is 11.4 Å². The van der Waals surface area contributed by atoms with E-state index in [1.807, 2.05) is 12.1 Å². The van der Waals surface area contributed by atoms with Gasteiger partial charge in [0.2, 0.25) is 0 Å². The SMILES string of the molecule is CN(C)CCCN(C)Cc1cccc(CN)n1. The highest BCUT2D eigenvalue weighted by atomic mass is 15.1. The Morgan fingerprint density at radius 2 is 1.82 bits per heavy atom. The summed E-state index contributed by atoms with van der Waals surface area (Å²) in [6.45, 7) is 3.62. The Hall–Kier alpha value is -0.970. The lowest BCUT2D eigenvalue weighted by Gasteiger charge is -2.17. The summed E-state index contributed by atoms with van der Waals surface area (Å²) in [6, 6.07) is 6.05. The number of rotatable bonds is 7. The van der Waals surface area contributed by atoms with Crippen molar-refractivity contribution in [2.75, 3.05) is 34.2 Å². The lowest BCUT2D eigenvalue weighted by atomic mass is 10.3. The predicted molar refractivity (Wildman–Crippen MR) is 71.6 cm³/mol. The van der Waals surface area contributed by atoms with Crippen molar-refractivity contribution in [3.05, 3.63) is 29.6 Å². The number of nitrogens with two attached hydrogens (primary N) is 1. The molecule has 1 rings (SSSR count). The van der Waals surface area contributed by atoms with E-state index in [1.54, 1.807) is 0 Å². The van der Waals surface area contributed by atoms with E-state index in [1.165, 1.54) is 6.42 Å². The standard InChI is InChI=1S/C13H24N4/c1-16(2)8-5-9-17(3)11-13-7-4-6-12(10-14)15-13/h4,6-7H,5,8-11,14H2,1-3H3. The minimum Gasteiger partial charge on any atom is -0.325 e. The maximum absolute atomic E-state index is 5.58. The van der Waals surface area contributed by atoms with Crippen LogP contribution in [-0.4, -0.2) is 49.0 Å². The van der Waals surface area contributed by atoms with Crippen LogP contribution in [0.25, 0.3) is 0 Å². The molecule has 0 saturated heterocycles. The monoisotopic (exact) mass is 236 g/mol. The smallest absolute Gasteiger partial charge is 0.0547 e. The van der Waals surface area contributed by atoms with Crippen LogP contribution in [-0.2, 0) is 13.1 Å². The summed E-state index contributed by atoms with van der Waals surface area (Å²) in [4.78, 5) is 9.00. The Bertz CT molecular complexity index is 325. The fourth-order valence-electron chi connectivity index (χ4n) is 1.74. The number of hydrogen-bond donors (Lipinski definition) is 1. The first-order valence-electron chi connectivity index (χ1n) is 6.10. The molecular weight excluding hydrogens is 212 g/mol. The molecule has 0 spiro atoms. The molecule has 4 nitrogen and oxygen atoms in total. The van der Waals surface area contributed by atoms with E-state index in [0.29, 0.717) is 6.54 Å². The number of pyridine rings is 1. The Labute approximate surface area is 104 Å². The minimum absolute atomic E-state index is 0.512. The Morgan fingerprint density at radius 1 is 1.12 bits per heavy atom. The van der Waals surface area contributed by atoms with Gasteiger partial charge in [0.1, 0.15) is 0 Å². The van der Waals surface area contributed by atoms with E-state index >= 15 is 0 Å². The molecule has 96 valence electrons. The largest absolute Gasteiger partial charge is 0.325 e. The molecule has 0 aromatic carbocycles. The second-order valence-electron chi connectivity index (χ2n) is 4.72. The molecule has 0 aliphatic carbocycles. The van der Waals surface area contributed by atoms with E-state index in [2.05, 4.69) is 42.0 Å². The maximum atomic E-state index is 5.58. The van der Waals surface area contributed by atoms with Gasteiger partial charge in [-0.3, -0.25) is 4.98 Å². The normalized spacial score (nSPS) is 11.4. The summed E-state index contributed by atoms with van der Waals surface area (Å²) >= 11 is 0. The minimum atomic E-state index is 0.512. The van der Waals surface area contributed by atoms with Gasteiger partial charge in [-0.15, -0.1) is 0 Å². The lowest BCUT2D eigenvalue weighted by Crippen LogP contribution is -2.24. The van der Waals surface area contributed by atoms with Crippen molar-refractivity contribution in [1.29, 1.82) is 0 Å². The van der Waals surface area contributed by atoms with Crippen molar-refractivity contribution in [1.82, 2.24) is 14.8 Å². The topological polar surface area (TPSA) is 45.4 Å². The highest BCUT2D eigenvalue weighted by Crippen LogP contribution is 2.02. The van der Waals surface area contributed by atoms with Gasteiger partial charge in [-0.2, -0.15) is 0 Å². The summed E-state index contributed by atoms with van der Waals surface area (Å²) in [5.41, 5.74) is 7.64. The molecule has 0 amide bonds. The van der Waals surface area contributed by atoms with Crippen LogP contribution in [0.2, 0.25) is 0 Å². The van der Waals surface area contributed by atoms with Crippen LogP contribution in [0.5, 0.6) is 0 Å². The molecule has 1 heterocycles. The van der Waals surface area contributed by atoms with Gasteiger partial charge >= 0.3 is 0 Å². The molecule has 0 atom stereocenters. The number of hydrogen-bond acceptors (Lipinski definition) is 4. The van der Waals surface area contributed by atoms with Crippen LogP contribution < -0.4 is 5.73 Å². The highest BCUT2D eigenvalue weighted by molar-refractivity contribution is 5.10.